The van der Waals surface area contributed by atoms with Gasteiger partial charge in [0, 0.05) is 17.0 Å². The largest absolute Gasteiger partial charge is 0.351 e. The summed E-state index contributed by atoms with van der Waals surface area (Å²) in [5, 5.41) is 9.61. The summed E-state index contributed by atoms with van der Waals surface area (Å²) in [7, 11) is 0. The molecule has 0 aliphatic carbocycles. The van der Waals surface area contributed by atoms with Gasteiger partial charge in [0.1, 0.15) is 0 Å². The number of hydrogen-bond donors (Lipinski definition) is 2. The zero-order valence-corrected chi connectivity index (χ0v) is 10.5. The van der Waals surface area contributed by atoms with Crippen LogP contribution in [-0.4, -0.2) is 33.1 Å². The van der Waals surface area contributed by atoms with Crippen molar-refractivity contribution in [2.24, 2.45) is 0 Å². The number of rotatable bonds is 3. The van der Waals surface area contributed by atoms with Gasteiger partial charge in [0.25, 0.3) is 5.91 Å². The summed E-state index contributed by atoms with van der Waals surface area (Å²) < 4.78 is 0.216. The number of aryl methyl sites for hydroxylation is 1. The van der Waals surface area contributed by atoms with Crippen LogP contribution in [0.2, 0.25) is 0 Å². The molecule has 1 aliphatic rings. The molecule has 2 N–H and O–H groups in total. The van der Waals surface area contributed by atoms with E-state index in [4.69, 9.17) is 0 Å². The van der Waals surface area contributed by atoms with E-state index in [1.807, 2.05) is 18.7 Å². The van der Waals surface area contributed by atoms with Crippen molar-refractivity contribution in [1.29, 1.82) is 0 Å². The van der Waals surface area contributed by atoms with E-state index in [1.54, 1.807) is 6.20 Å². The van der Waals surface area contributed by atoms with Gasteiger partial charge >= 0.3 is 0 Å². The zero-order chi connectivity index (χ0) is 11.6. The van der Waals surface area contributed by atoms with Crippen LogP contribution in [0, 0.1) is 6.92 Å². The Morgan fingerprint density at radius 2 is 2.56 bits per heavy atom. The van der Waals surface area contributed by atoms with Gasteiger partial charge in [-0.2, -0.15) is 16.9 Å². The molecule has 1 amide bonds. The fraction of sp³-hybridized carbons (Fsp3) is 0.636. The number of carbonyl (C=O) groups excluding carboxylic acids is 1. The predicted molar refractivity (Wildman–Crippen MR) is 65.8 cm³/mol. The highest BCUT2D eigenvalue weighted by atomic mass is 32.2. The Kier molecular flexibility index (Phi) is 3.23. The molecule has 1 unspecified atom stereocenters. The van der Waals surface area contributed by atoms with Crippen LogP contribution in [-0.2, 0) is 0 Å². The molecule has 0 bridgehead atoms. The van der Waals surface area contributed by atoms with E-state index in [0.29, 0.717) is 5.56 Å². The lowest BCUT2D eigenvalue weighted by molar-refractivity contribution is 0.0949. The number of nitrogens with zero attached hydrogens (tertiary/aromatic N) is 1. The number of aromatic amines is 1. The molecule has 1 atom stereocenters. The summed E-state index contributed by atoms with van der Waals surface area (Å²) >= 11 is 1.95. The second-order valence-corrected chi connectivity index (χ2v) is 6.18. The summed E-state index contributed by atoms with van der Waals surface area (Å²) in [6.45, 7) is 4.81. The van der Waals surface area contributed by atoms with E-state index < -0.39 is 0 Å². The Bertz CT molecular complexity index is 382. The van der Waals surface area contributed by atoms with Crippen molar-refractivity contribution in [2.75, 3.05) is 12.3 Å². The maximum Gasteiger partial charge on any atom is 0.254 e. The number of aromatic nitrogens is 2. The highest BCUT2D eigenvalue weighted by Crippen LogP contribution is 2.36. The molecule has 1 fully saturated rings. The molecule has 0 spiro atoms. The number of thioether (sulfide) groups is 1. The van der Waals surface area contributed by atoms with E-state index in [-0.39, 0.29) is 10.7 Å². The standard InChI is InChI=1S/C11H17N3OS/c1-8-9(6-13-14-8)10(15)12-7-11(2)4-3-5-16-11/h6H,3-5,7H2,1-2H3,(H,12,15)(H,13,14). The van der Waals surface area contributed by atoms with E-state index in [9.17, 15) is 4.79 Å². The number of amides is 1. The van der Waals surface area contributed by atoms with Crippen LogP contribution >= 0.6 is 11.8 Å². The van der Waals surface area contributed by atoms with Crippen molar-refractivity contribution in [2.45, 2.75) is 31.4 Å². The topological polar surface area (TPSA) is 57.8 Å². The van der Waals surface area contributed by atoms with Crippen molar-refractivity contribution in [3.8, 4) is 0 Å². The normalized spacial score (nSPS) is 24.6. The van der Waals surface area contributed by atoms with E-state index in [1.165, 1.54) is 18.6 Å². The number of H-pyrrole nitrogens is 1. The summed E-state index contributed by atoms with van der Waals surface area (Å²) in [5.41, 5.74) is 1.47. The second-order valence-electron chi connectivity index (χ2n) is 4.49. The molecule has 0 aromatic carbocycles. The van der Waals surface area contributed by atoms with Crippen LogP contribution < -0.4 is 5.32 Å². The molecule has 1 aliphatic heterocycles. The first-order valence-corrected chi connectivity index (χ1v) is 6.51. The smallest absolute Gasteiger partial charge is 0.254 e. The molecule has 2 heterocycles. The maximum atomic E-state index is 11.8. The van der Waals surface area contributed by atoms with Gasteiger partial charge in [-0.15, -0.1) is 0 Å². The minimum absolute atomic E-state index is 0.0278. The first-order valence-electron chi connectivity index (χ1n) is 5.53. The van der Waals surface area contributed by atoms with Crippen molar-refractivity contribution in [3.05, 3.63) is 17.5 Å². The third-order valence-corrected chi connectivity index (χ3v) is 4.54. The first-order chi connectivity index (χ1) is 7.61. The molecule has 2 rings (SSSR count). The van der Waals surface area contributed by atoms with Gasteiger partial charge in [0.05, 0.1) is 11.8 Å². The van der Waals surface area contributed by atoms with Gasteiger partial charge in [0.2, 0.25) is 0 Å². The molecule has 1 saturated heterocycles. The molecule has 1 aromatic heterocycles. The van der Waals surface area contributed by atoms with Gasteiger partial charge in [0.15, 0.2) is 0 Å². The lowest BCUT2D eigenvalue weighted by Crippen LogP contribution is -2.36. The number of hydrogen-bond acceptors (Lipinski definition) is 3. The molecule has 88 valence electrons. The SMILES string of the molecule is Cc1[nH]ncc1C(=O)NCC1(C)CCCS1. The van der Waals surface area contributed by atoms with Crippen LogP contribution in [0.5, 0.6) is 0 Å². The van der Waals surface area contributed by atoms with E-state index in [0.717, 1.165) is 12.2 Å². The fourth-order valence-corrected chi connectivity index (χ4v) is 3.16. The van der Waals surface area contributed by atoms with E-state index >= 15 is 0 Å². The minimum atomic E-state index is -0.0278. The monoisotopic (exact) mass is 239 g/mol. The third kappa shape index (κ3) is 2.40. The lowest BCUT2D eigenvalue weighted by Gasteiger charge is -2.22. The van der Waals surface area contributed by atoms with Crippen LogP contribution in [0.15, 0.2) is 6.20 Å². The van der Waals surface area contributed by atoms with Crippen LogP contribution in [0.3, 0.4) is 0 Å². The molecule has 16 heavy (non-hydrogen) atoms. The molecular formula is C11H17N3OS. The van der Waals surface area contributed by atoms with Gasteiger partial charge in [-0.3, -0.25) is 9.89 Å². The Hall–Kier alpha value is -0.970. The molecule has 0 radical (unpaired) electrons. The van der Waals surface area contributed by atoms with Gasteiger partial charge in [-0.1, -0.05) is 0 Å². The quantitative estimate of drug-likeness (QED) is 0.844. The molecule has 1 aromatic rings. The highest BCUT2D eigenvalue weighted by Gasteiger charge is 2.30. The Morgan fingerprint density at radius 1 is 1.75 bits per heavy atom. The van der Waals surface area contributed by atoms with Crippen molar-refractivity contribution < 1.29 is 4.79 Å². The van der Waals surface area contributed by atoms with Gasteiger partial charge < -0.3 is 5.32 Å². The van der Waals surface area contributed by atoms with Crippen LogP contribution in [0.4, 0.5) is 0 Å². The number of carbonyl (C=O) groups is 1. The predicted octanol–water partition coefficient (Wildman–Crippen LogP) is 1.73. The molecule has 4 nitrogen and oxygen atoms in total. The Labute approximate surface area is 99.6 Å². The average Bonchev–Trinajstić information content (AvgIpc) is 2.85. The summed E-state index contributed by atoms with van der Waals surface area (Å²) in [6.07, 6.45) is 4.01. The highest BCUT2D eigenvalue weighted by molar-refractivity contribution is 8.00. The number of nitrogens with one attached hydrogen (secondary N) is 2. The summed E-state index contributed by atoms with van der Waals surface area (Å²) in [4.78, 5) is 11.8. The Balaban J connectivity index is 1.91. The van der Waals surface area contributed by atoms with Crippen LogP contribution in [0.1, 0.15) is 35.8 Å². The van der Waals surface area contributed by atoms with Crippen LogP contribution in [0.25, 0.3) is 0 Å². The maximum absolute atomic E-state index is 11.8. The zero-order valence-electron chi connectivity index (χ0n) is 9.67. The lowest BCUT2D eigenvalue weighted by atomic mass is 10.1. The second kappa shape index (κ2) is 4.49. The fourth-order valence-electron chi connectivity index (χ4n) is 1.92. The van der Waals surface area contributed by atoms with Gasteiger partial charge in [-0.25, -0.2) is 0 Å². The molecular weight excluding hydrogens is 222 g/mol. The van der Waals surface area contributed by atoms with Crippen molar-refractivity contribution in [3.63, 3.8) is 0 Å². The minimum Gasteiger partial charge on any atom is -0.351 e. The summed E-state index contributed by atoms with van der Waals surface area (Å²) in [5.74, 6) is 1.18. The van der Waals surface area contributed by atoms with E-state index in [2.05, 4.69) is 22.4 Å². The first kappa shape index (κ1) is 11.5. The molecule has 5 heteroatoms. The average molecular weight is 239 g/mol. The van der Waals surface area contributed by atoms with Crippen molar-refractivity contribution in [1.82, 2.24) is 15.5 Å². The van der Waals surface area contributed by atoms with Gasteiger partial charge in [-0.05, 0) is 32.4 Å². The Morgan fingerprint density at radius 3 is 3.12 bits per heavy atom. The summed E-state index contributed by atoms with van der Waals surface area (Å²) in [6, 6.07) is 0. The van der Waals surface area contributed by atoms with Crippen molar-refractivity contribution >= 4 is 17.7 Å². The third-order valence-electron chi connectivity index (χ3n) is 3.00. The molecule has 0 saturated carbocycles.